The van der Waals surface area contributed by atoms with E-state index in [9.17, 15) is 18.0 Å². The Kier molecular flexibility index (Phi) is 6.78. The monoisotopic (exact) mass is 400 g/mol. The molecule has 0 spiro atoms. The van der Waals surface area contributed by atoms with Crippen LogP contribution < -0.4 is 10.6 Å². The highest BCUT2D eigenvalue weighted by Crippen LogP contribution is 2.29. The number of amides is 2. The van der Waals surface area contributed by atoms with E-state index in [1.165, 1.54) is 42.7 Å². The summed E-state index contributed by atoms with van der Waals surface area (Å²) in [6, 6.07) is 8.57. The minimum atomic E-state index is -3.92. The van der Waals surface area contributed by atoms with E-state index in [0.29, 0.717) is 5.02 Å². The van der Waals surface area contributed by atoms with Crippen molar-refractivity contribution in [1.29, 1.82) is 0 Å². The van der Waals surface area contributed by atoms with Gasteiger partial charge >= 0.3 is 11.8 Å². The van der Waals surface area contributed by atoms with Gasteiger partial charge in [0.05, 0.1) is 17.8 Å². The number of furan rings is 1. The van der Waals surface area contributed by atoms with Crippen molar-refractivity contribution in [3.8, 4) is 0 Å². The van der Waals surface area contributed by atoms with Gasteiger partial charge in [-0.15, -0.1) is 0 Å². The van der Waals surface area contributed by atoms with Gasteiger partial charge in [0.15, 0.2) is 9.84 Å². The summed E-state index contributed by atoms with van der Waals surface area (Å²) in [7, 11) is -3.92. The van der Waals surface area contributed by atoms with Gasteiger partial charge in [-0.25, -0.2) is 8.42 Å². The van der Waals surface area contributed by atoms with Crippen molar-refractivity contribution < 1.29 is 27.5 Å². The lowest BCUT2D eigenvalue weighted by atomic mass is 10.3. The number of rotatable bonds is 7. The molecule has 0 bridgehead atoms. The number of hydrogen-bond donors (Lipinski definition) is 3. The van der Waals surface area contributed by atoms with Crippen molar-refractivity contribution in [3.63, 3.8) is 0 Å². The Bertz CT molecular complexity index is 849. The Morgan fingerprint density at radius 2 is 1.77 bits per heavy atom. The van der Waals surface area contributed by atoms with Crippen LogP contribution in [0.3, 0.4) is 0 Å². The van der Waals surface area contributed by atoms with Crippen molar-refractivity contribution in [1.82, 2.24) is 10.6 Å². The molecular formula is C16H17ClN2O6S. The molecule has 140 valence electrons. The average Bonchev–Trinajstić information content (AvgIpc) is 3.14. The number of hydrogen-bond acceptors (Lipinski definition) is 6. The molecule has 3 N–H and O–H groups in total. The Morgan fingerprint density at radius 1 is 1.12 bits per heavy atom. The molecule has 8 nitrogen and oxygen atoms in total. The first-order chi connectivity index (χ1) is 12.4. The first-order valence-electron chi connectivity index (χ1n) is 7.56. The molecule has 1 heterocycles. The second-order valence-electron chi connectivity index (χ2n) is 5.19. The predicted octanol–water partition coefficient (Wildman–Crippen LogP) is 0.673. The number of benzene rings is 1. The number of carbonyl (C=O) groups is 2. The zero-order valence-electron chi connectivity index (χ0n) is 13.5. The van der Waals surface area contributed by atoms with Gasteiger partial charge in [-0.05, 0) is 36.4 Å². The highest BCUT2D eigenvalue weighted by atomic mass is 35.5. The highest BCUT2D eigenvalue weighted by Gasteiger charge is 2.32. The maximum atomic E-state index is 12.9. The standard InChI is InChI=1S/C16H17ClN2O6S/c17-11-3-5-12(6-4-11)26(23,24)14(13-2-1-9-25-13)10-19-16(22)15(21)18-7-8-20/h1-6,9,14,20H,7-8,10H2,(H,18,21)(H,19,22)/t14-/m0/s1. The smallest absolute Gasteiger partial charge is 0.309 e. The van der Waals surface area contributed by atoms with Crippen LogP contribution in [0.5, 0.6) is 0 Å². The minimum Gasteiger partial charge on any atom is -0.468 e. The van der Waals surface area contributed by atoms with Crippen LogP contribution in [0.2, 0.25) is 5.02 Å². The van der Waals surface area contributed by atoms with Gasteiger partial charge in [0.2, 0.25) is 0 Å². The summed E-state index contributed by atoms with van der Waals surface area (Å²) in [5.74, 6) is -1.86. The van der Waals surface area contributed by atoms with Crippen LogP contribution in [0.15, 0.2) is 52.0 Å². The molecule has 10 heteroatoms. The van der Waals surface area contributed by atoms with Crippen molar-refractivity contribution in [2.75, 3.05) is 19.7 Å². The van der Waals surface area contributed by atoms with Crippen molar-refractivity contribution in [2.45, 2.75) is 10.1 Å². The summed E-state index contributed by atoms with van der Waals surface area (Å²) >= 11 is 5.79. The van der Waals surface area contributed by atoms with E-state index in [2.05, 4.69) is 10.6 Å². The molecule has 0 saturated heterocycles. The van der Waals surface area contributed by atoms with Crippen molar-refractivity contribution in [3.05, 3.63) is 53.4 Å². The van der Waals surface area contributed by atoms with Gasteiger partial charge in [-0.3, -0.25) is 9.59 Å². The maximum absolute atomic E-state index is 12.9. The fourth-order valence-corrected chi connectivity index (χ4v) is 3.85. The zero-order valence-corrected chi connectivity index (χ0v) is 15.1. The van der Waals surface area contributed by atoms with E-state index >= 15 is 0 Å². The highest BCUT2D eigenvalue weighted by molar-refractivity contribution is 7.91. The van der Waals surface area contributed by atoms with E-state index in [1.54, 1.807) is 0 Å². The quantitative estimate of drug-likeness (QED) is 0.586. The Hall–Kier alpha value is -2.36. The molecular weight excluding hydrogens is 384 g/mol. The van der Waals surface area contributed by atoms with Gasteiger partial charge in [0.25, 0.3) is 0 Å². The SMILES string of the molecule is O=C(NCCO)C(=O)NC[C@@H](c1ccco1)S(=O)(=O)c1ccc(Cl)cc1. The number of aliphatic hydroxyl groups is 1. The molecule has 1 aromatic heterocycles. The summed E-state index contributed by atoms with van der Waals surface area (Å²) < 4.78 is 31.0. The molecule has 0 fully saturated rings. The number of nitrogens with one attached hydrogen (secondary N) is 2. The Labute approximate surface area is 155 Å². The molecule has 0 aliphatic heterocycles. The molecule has 26 heavy (non-hydrogen) atoms. The average molecular weight is 401 g/mol. The summed E-state index contributed by atoms with van der Waals surface area (Å²) in [4.78, 5) is 23.3. The van der Waals surface area contributed by atoms with Crippen LogP contribution in [0.25, 0.3) is 0 Å². The van der Waals surface area contributed by atoms with Crippen LogP contribution in [0.1, 0.15) is 11.0 Å². The third kappa shape index (κ3) is 4.84. The van der Waals surface area contributed by atoms with Crippen LogP contribution in [-0.4, -0.2) is 45.0 Å². The second-order valence-corrected chi connectivity index (χ2v) is 7.76. The topological polar surface area (TPSA) is 126 Å². The fourth-order valence-electron chi connectivity index (χ4n) is 2.14. The third-order valence-corrected chi connectivity index (χ3v) is 5.76. The summed E-state index contributed by atoms with van der Waals surface area (Å²) in [6.45, 7) is -0.778. The lowest BCUT2D eigenvalue weighted by Crippen LogP contribution is -2.43. The van der Waals surface area contributed by atoms with E-state index in [-0.39, 0.29) is 30.4 Å². The second kappa shape index (κ2) is 8.84. The van der Waals surface area contributed by atoms with E-state index in [4.69, 9.17) is 21.1 Å². The van der Waals surface area contributed by atoms with Gasteiger partial charge in [-0.1, -0.05) is 11.6 Å². The normalized spacial score (nSPS) is 12.4. The Morgan fingerprint density at radius 3 is 2.35 bits per heavy atom. The van der Waals surface area contributed by atoms with Crippen LogP contribution in [-0.2, 0) is 19.4 Å². The van der Waals surface area contributed by atoms with Crippen molar-refractivity contribution >= 4 is 33.3 Å². The van der Waals surface area contributed by atoms with E-state index in [0.717, 1.165) is 0 Å². The summed E-state index contributed by atoms with van der Waals surface area (Å²) in [5.41, 5.74) is 0. The third-order valence-electron chi connectivity index (χ3n) is 3.43. The maximum Gasteiger partial charge on any atom is 0.309 e. The lowest BCUT2D eigenvalue weighted by Gasteiger charge is -2.16. The summed E-state index contributed by atoms with van der Waals surface area (Å²) in [6.07, 6.45) is 1.31. The fraction of sp³-hybridized carbons (Fsp3) is 0.250. The molecule has 2 rings (SSSR count). The number of sulfone groups is 1. The molecule has 0 unspecified atom stereocenters. The molecule has 1 atom stereocenters. The van der Waals surface area contributed by atoms with Crippen LogP contribution in [0.4, 0.5) is 0 Å². The summed E-state index contributed by atoms with van der Waals surface area (Å²) in [5, 5.41) is 12.2. The molecule has 0 aliphatic carbocycles. The molecule has 1 aromatic carbocycles. The lowest BCUT2D eigenvalue weighted by molar-refractivity contribution is -0.139. The van der Waals surface area contributed by atoms with E-state index in [1.807, 2.05) is 0 Å². The predicted molar refractivity (Wildman–Crippen MR) is 93.2 cm³/mol. The van der Waals surface area contributed by atoms with Crippen LogP contribution >= 0.6 is 11.6 Å². The number of carbonyl (C=O) groups excluding carboxylic acids is 2. The molecule has 2 aromatic rings. The Balaban J connectivity index is 2.21. The first kappa shape index (κ1) is 20.0. The van der Waals surface area contributed by atoms with E-state index < -0.39 is 26.9 Å². The number of aliphatic hydroxyl groups excluding tert-OH is 1. The van der Waals surface area contributed by atoms with Crippen LogP contribution in [0, 0.1) is 0 Å². The first-order valence-corrected chi connectivity index (χ1v) is 9.48. The van der Waals surface area contributed by atoms with Gasteiger partial charge in [0, 0.05) is 18.1 Å². The number of halogens is 1. The minimum absolute atomic E-state index is 0.00211. The molecule has 0 radical (unpaired) electrons. The van der Waals surface area contributed by atoms with Gasteiger partial charge < -0.3 is 20.2 Å². The van der Waals surface area contributed by atoms with Gasteiger partial charge in [0.1, 0.15) is 11.0 Å². The van der Waals surface area contributed by atoms with Crippen molar-refractivity contribution in [2.24, 2.45) is 0 Å². The molecule has 0 saturated carbocycles. The molecule has 0 aliphatic rings. The largest absolute Gasteiger partial charge is 0.468 e. The molecule has 2 amide bonds. The zero-order chi connectivity index (χ0) is 19.2. The van der Waals surface area contributed by atoms with Gasteiger partial charge in [-0.2, -0.15) is 0 Å².